The van der Waals surface area contributed by atoms with E-state index in [2.05, 4.69) is 214 Å². The summed E-state index contributed by atoms with van der Waals surface area (Å²) in [7, 11) is 0. The molecule has 0 aromatic heterocycles. The Morgan fingerprint density at radius 3 is 1.87 bits per heavy atom. The zero-order valence-corrected chi connectivity index (χ0v) is 36.5. The second-order valence-corrected chi connectivity index (χ2v) is 18.0. The number of unbranched alkanes of at least 4 members (excludes halogenated alkanes) is 2. The van der Waals surface area contributed by atoms with Crippen LogP contribution >= 0.6 is 0 Å². The predicted molar refractivity (Wildman–Crippen MR) is 257 cm³/mol. The topological polar surface area (TPSA) is 9.49 Å². The normalized spacial score (nSPS) is 18.2. The van der Waals surface area contributed by atoms with Gasteiger partial charge in [0.15, 0.2) is 5.71 Å². The van der Waals surface area contributed by atoms with Gasteiger partial charge in [0.25, 0.3) is 0 Å². The smallest absolute Gasteiger partial charge is 0.217 e. The minimum Gasteiger partial charge on any atom is -0.343 e. The Labute approximate surface area is 358 Å². The predicted octanol–water partition coefficient (Wildman–Crippen LogP) is 15.0. The van der Waals surface area contributed by atoms with E-state index in [0.717, 1.165) is 51.6 Å². The van der Waals surface area contributed by atoms with Crippen molar-refractivity contribution >= 4 is 50.0 Å². The van der Waals surface area contributed by atoms with Crippen LogP contribution in [0.3, 0.4) is 0 Å². The van der Waals surface area contributed by atoms with Gasteiger partial charge in [-0.05, 0) is 97.0 Å². The molecule has 0 fully saturated rings. The van der Waals surface area contributed by atoms with E-state index in [1.165, 1.54) is 83.7 Å². The molecule has 6 aromatic rings. The molecule has 302 valence electrons. The zero-order valence-electron chi connectivity index (χ0n) is 36.5. The third-order valence-electron chi connectivity index (χ3n) is 13.4. The fourth-order valence-corrected chi connectivity index (χ4v) is 10.2. The lowest BCUT2D eigenvalue weighted by Gasteiger charge is -2.29. The van der Waals surface area contributed by atoms with Crippen LogP contribution in [0.2, 0.25) is 0 Å². The molecule has 3 aliphatic rings. The molecule has 60 heavy (non-hydrogen) atoms. The molecule has 0 spiro atoms. The van der Waals surface area contributed by atoms with Crippen LogP contribution in [0.25, 0.3) is 21.5 Å². The standard InChI is InChI=1S/C57H60N3/c1-7-9-39-58-51(56(3,4)49-35-31-41-21-17-19-27-47(41)54(49)58)37-33-43-29-30-44(53(43)60(45-23-13-11-14-24-45)46-25-15-12-16-26-46)34-38-52-57(5,6)50-36-32-42-22-18-20-28-48(42)55(50)59(52)40-10-8-2/h11-28,31-38H,7-10,29-30,39-40H2,1-6H3/q+1. The molecule has 9 rings (SSSR count). The summed E-state index contributed by atoms with van der Waals surface area (Å²) in [5, 5.41) is 5.30. The Bertz CT molecular complexity index is 2680. The van der Waals surface area contributed by atoms with Crippen molar-refractivity contribution in [2.45, 2.75) is 90.9 Å². The summed E-state index contributed by atoms with van der Waals surface area (Å²) in [5.74, 6) is 0. The summed E-state index contributed by atoms with van der Waals surface area (Å²) < 4.78 is 2.65. The molecule has 2 aliphatic heterocycles. The van der Waals surface area contributed by atoms with E-state index in [1.807, 2.05) is 0 Å². The number of nitrogens with zero attached hydrogens (tertiary/aromatic N) is 3. The molecule has 3 nitrogen and oxygen atoms in total. The van der Waals surface area contributed by atoms with Gasteiger partial charge in [0, 0.05) is 52.5 Å². The van der Waals surface area contributed by atoms with Crippen LogP contribution in [-0.2, 0) is 10.8 Å². The average molecular weight is 787 g/mol. The fourth-order valence-electron chi connectivity index (χ4n) is 10.2. The number of allylic oxidation sites excluding steroid dienone is 7. The molecule has 0 saturated carbocycles. The average Bonchev–Trinajstić information content (AvgIpc) is 3.84. The van der Waals surface area contributed by atoms with Crippen molar-refractivity contribution in [1.29, 1.82) is 0 Å². The summed E-state index contributed by atoms with van der Waals surface area (Å²) in [5.41, 5.74) is 14.5. The van der Waals surface area contributed by atoms with E-state index in [-0.39, 0.29) is 10.8 Å². The van der Waals surface area contributed by atoms with Gasteiger partial charge in [-0.15, -0.1) is 0 Å². The zero-order chi connectivity index (χ0) is 41.4. The van der Waals surface area contributed by atoms with Crippen molar-refractivity contribution in [3.8, 4) is 0 Å². The van der Waals surface area contributed by atoms with Crippen molar-refractivity contribution in [3.05, 3.63) is 191 Å². The molecule has 0 unspecified atom stereocenters. The van der Waals surface area contributed by atoms with Crippen LogP contribution in [0.4, 0.5) is 22.7 Å². The molecule has 6 aromatic carbocycles. The molecule has 1 aliphatic carbocycles. The van der Waals surface area contributed by atoms with Gasteiger partial charge in [-0.1, -0.05) is 156 Å². The molecule has 3 heteroatoms. The van der Waals surface area contributed by atoms with E-state index in [4.69, 9.17) is 0 Å². The number of benzene rings is 6. The first-order valence-electron chi connectivity index (χ1n) is 22.4. The van der Waals surface area contributed by atoms with Gasteiger partial charge in [0.1, 0.15) is 6.54 Å². The minimum atomic E-state index is -0.139. The molecule has 0 bridgehead atoms. The van der Waals surface area contributed by atoms with Gasteiger partial charge in [-0.25, -0.2) is 0 Å². The van der Waals surface area contributed by atoms with E-state index >= 15 is 0 Å². The molecule has 0 atom stereocenters. The van der Waals surface area contributed by atoms with Gasteiger partial charge < -0.3 is 9.80 Å². The quantitative estimate of drug-likeness (QED) is 0.114. The highest BCUT2D eigenvalue weighted by molar-refractivity contribution is 6.07. The number of fused-ring (bicyclic) bond motifs is 6. The lowest BCUT2D eigenvalue weighted by molar-refractivity contribution is -0.436. The summed E-state index contributed by atoms with van der Waals surface area (Å²) in [6, 6.07) is 49.2. The highest BCUT2D eigenvalue weighted by atomic mass is 15.2. The van der Waals surface area contributed by atoms with E-state index in [1.54, 1.807) is 0 Å². The van der Waals surface area contributed by atoms with Crippen molar-refractivity contribution in [3.63, 3.8) is 0 Å². The van der Waals surface area contributed by atoms with Gasteiger partial charge in [0.2, 0.25) is 5.69 Å². The first kappa shape index (κ1) is 39.5. The van der Waals surface area contributed by atoms with Crippen LogP contribution < -0.4 is 9.80 Å². The van der Waals surface area contributed by atoms with Crippen LogP contribution in [0, 0.1) is 0 Å². The number of para-hydroxylation sites is 2. The maximum absolute atomic E-state index is 2.65. The largest absolute Gasteiger partial charge is 0.343 e. The monoisotopic (exact) mass is 786 g/mol. The Balaban J connectivity index is 1.23. The highest BCUT2D eigenvalue weighted by Gasteiger charge is 2.45. The molecule has 0 radical (unpaired) electrons. The van der Waals surface area contributed by atoms with E-state index in [9.17, 15) is 0 Å². The van der Waals surface area contributed by atoms with Gasteiger partial charge in [-0.2, -0.15) is 4.58 Å². The molecular weight excluding hydrogens is 727 g/mol. The second kappa shape index (κ2) is 16.3. The maximum Gasteiger partial charge on any atom is 0.217 e. The van der Waals surface area contributed by atoms with E-state index < -0.39 is 0 Å². The lowest BCUT2D eigenvalue weighted by Crippen LogP contribution is -2.28. The molecule has 0 N–H and O–H groups in total. The number of hydrogen-bond donors (Lipinski definition) is 0. The van der Waals surface area contributed by atoms with Crippen LogP contribution in [0.15, 0.2) is 180 Å². The number of rotatable bonds is 12. The van der Waals surface area contributed by atoms with Gasteiger partial charge in [0.05, 0.1) is 22.2 Å². The Morgan fingerprint density at radius 2 is 1.20 bits per heavy atom. The number of hydrogen-bond acceptors (Lipinski definition) is 2. The van der Waals surface area contributed by atoms with Crippen LogP contribution in [0.1, 0.15) is 91.2 Å². The SMILES string of the molecule is CCCCN1/C(=C\C=C2\CCC(/C=C/C3=[N+](CCCC)c4c(ccc5ccccc45)C3(C)C)=C2N(c2ccccc2)c2ccccc2)C(C)(C)c2ccc3ccccc3c21. The molecule has 0 saturated heterocycles. The summed E-state index contributed by atoms with van der Waals surface area (Å²) in [6.07, 6.45) is 16.5. The Morgan fingerprint density at radius 1 is 0.600 bits per heavy atom. The summed E-state index contributed by atoms with van der Waals surface area (Å²) in [4.78, 5) is 5.16. The summed E-state index contributed by atoms with van der Waals surface area (Å²) in [6.45, 7) is 16.3. The first-order valence-corrected chi connectivity index (χ1v) is 22.4. The maximum atomic E-state index is 2.65. The number of anilines is 3. The van der Waals surface area contributed by atoms with Crippen molar-refractivity contribution in [2.24, 2.45) is 0 Å². The minimum absolute atomic E-state index is 0.139. The van der Waals surface area contributed by atoms with E-state index in [0.29, 0.717) is 0 Å². The van der Waals surface area contributed by atoms with Gasteiger partial charge in [-0.3, -0.25) is 0 Å². The first-order chi connectivity index (χ1) is 29.2. The third-order valence-corrected chi connectivity index (χ3v) is 13.4. The van der Waals surface area contributed by atoms with Crippen molar-refractivity contribution in [2.75, 3.05) is 22.9 Å². The van der Waals surface area contributed by atoms with Gasteiger partial charge >= 0.3 is 0 Å². The molecular formula is C57H60N3+. The Kier molecular flexibility index (Phi) is 10.7. The highest BCUT2D eigenvalue weighted by Crippen LogP contribution is 2.52. The third kappa shape index (κ3) is 6.82. The molecule has 2 heterocycles. The van der Waals surface area contributed by atoms with Crippen LogP contribution in [0.5, 0.6) is 0 Å². The van der Waals surface area contributed by atoms with Crippen molar-refractivity contribution < 1.29 is 4.58 Å². The summed E-state index contributed by atoms with van der Waals surface area (Å²) >= 11 is 0. The lowest BCUT2D eigenvalue weighted by atomic mass is 9.80. The Hall–Kier alpha value is -5.93. The van der Waals surface area contributed by atoms with Crippen LogP contribution in [-0.4, -0.2) is 23.4 Å². The second-order valence-electron chi connectivity index (χ2n) is 18.0. The van der Waals surface area contributed by atoms with Crippen molar-refractivity contribution in [1.82, 2.24) is 0 Å². The molecule has 0 amide bonds. The fraction of sp³-hybridized carbons (Fsp3) is 0.281.